The fourth-order valence-electron chi connectivity index (χ4n) is 1.16. The van der Waals surface area contributed by atoms with Gasteiger partial charge in [0.05, 0.1) is 0 Å². The van der Waals surface area contributed by atoms with E-state index < -0.39 is 22.2 Å². The first-order valence-electron chi connectivity index (χ1n) is 5.23. The van der Waals surface area contributed by atoms with Crippen LogP contribution in [0.25, 0.3) is 0 Å². The molecule has 0 aromatic carbocycles. The van der Waals surface area contributed by atoms with Gasteiger partial charge in [-0.25, -0.2) is 4.98 Å². The minimum absolute atomic E-state index is 0.199. The fraction of sp³-hybridized carbons (Fsp3) is 0.417. The van der Waals surface area contributed by atoms with Gasteiger partial charge in [0.25, 0.3) is 0 Å². The predicted octanol–water partition coefficient (Wildman–Crippen LogP) is 3.02. The molecule has 0 aliphatic carbocycles. The molecule has 0 N–H and O–H groups in total. The van der Waals surface area contributed by atoms with Crippen LogP contribution < -0.4 is 0 Å². The number of ketones is 1. The number of hydrogen-bond donors (Lipinski definition) is 0. The number of halogens is 2. The molecule has 1 aromatic heterocycles. The zero-order valence-electron chi connectivity index (χ0n) is 10.2. The number of carbonyl (C=O) groups is 2. The Hall–Kier alpha value is -0.940. The Bertz CT molecular complexity index is 471. The van der Waals surface area contributed by atoms with Crippen LogP contribution in [0.2, 0.25) is 5.15 Å². The number of nitrogens with zero attached hydrogens (tertiary/aromatic N) is 1. The summed E-state index contributed by atoms with van der Waals surface area (Å²) in [6.07, 6.45) is 1.41. The highest BCUT2D eigenvalue weighted by molar-refractivity contribution is 9.10. The first-order chi connectivity index (χ1) is 8.20. The van der Waals surface area contributed by atoms with Crippen LogP contribution in [0.1, 0.15) is 31.1 Å². The quantitative estimate of drug-likeness (QED) is 0.280. The molecule has 1 heterocycles. The van der Waals surface area contributed by atoms with Crippen molar-refractivity contribution in [2.45, 2.75) is 31.2 Å². The van der Waals surface area contributed by atoms with Crippen LogP contribution in [-0.2, 0) is 9.53 Å². The van der Waals surface area contributed by atoms with Gasteiger partial charge in [-0.15, -0.1) is 0 Å². The average molecular weight is 335 g/mol. The van der Waals surface area contributed by atoms with Crippen LogP contribution in [0.3, 0.4) is 0 Å². The number of Topliss-reactive ketones (excluding diaryl/α,β-unsaturated/α-hetero) is 1. The summed E-state index contributed by atoms with van der Waals surface area (Å²) in [5, 5.41) is 0.199. The standard InChI is InChI=1S/C12H13BrClNO3/c1-12(2,3)18-11(17)9(13)10(16)7-4-5-15-8(14)6-7/h4-6,9H,1-3H3. The lowest BCUT2D eigenvalue weighted by atomic mass is 10.1. The van der Waals surface area contributed by atoms with Crippen molar-refractivity contribution in [3.8, 4) is 0 Å². The van der Waals surface area contributed by atoms with Gasteiger partial charge in [-0.1, -0.05) is 27.5 Å². The molecule has 0 bridgehead atoms. The van der Waals surface area contributed by atoms with Gasteiger partial charge in [0, 0.05) is 11.8 Å². The minimum atomic E-state index is -1.05. The van der Waals surface area contributed by atoms with E-state index in [1.165, 1.54) is 18.3 Å². The minimum Gasteiger partial charge on any atom is -0.459 e. The van der Waals surface area contributed by atoms with Crippen LogP contribution in [-0.4, -0.2) is 27.2 Å². The van der Waals surface area contributed by atoms with Gasteiger partial charge >= 0.3 is 5.97 Å². The lowest BCUT2D eigenvalue weighted by Crippen LogP contribution is -2.33. The predicted molar refractivity (Wildman–Crippen MR) is 72.1 cm³/mol. The van der Waals surface area contributed by atoms with Crippen molar-refractivity contribution in [1.82, 2.24) is 4.98 Å². The van der Waals surface area contributed by atoms with Gasteiger partial charge in [0.2, 0.25) is 0 Å². The topological polar surface area (TPSA) is 56.3 Å². The molecule has 18 heavy (non-hydrogen) atoms. The Balaban J connectivity index is 2.81. The summed E-state index contributed by atoms with van der Waals surface area (Å²) in [7, 11) is 0. The van der Waals surface area contributed by atoms with Gasteiger partial charge in [-0.3, -0.25) is 9.59 Å². The lowest BCUT2D eigenvalue weighted by Gasteiger charge is -2.21. The highest BCUT2D eigenvalue weighted by Gasteiger charge is 2.29. The molecule has 0 radical (unpaired) electrons. The van der Waals surface area contributed by atoms with Gasteiger partial charge in [0.1, 0.15) is 10.8 Å². The molecule has 4 nitrogen and oxygen atoms in total. The molecule has 0 aliphatic rings. The number of hydrogen-bond acceptors (Lipinski definition) is 4. The summed E-state index contributed by atoms with van der Waals surface area (Å²) < 4.78 is 5.12. The molecule has 1 aromatic rings. The molecule has 98 valence electrons. The van der Waals surface area contributed by atoms with Crippen molar-refractivity contribution in [3.63, 3.8) is 0 Å². The third-order valence-corrected chi connectivity index (χ3v) is 2.85. The van der Waals surface area contributed by atoms with Crippen LogP contribution in [0.15, 0.2) is 18.3 Å². The lowest BCUT2D eigenvalue weighted by molar-refractivity contribution is -0.152. The second kappa shape index (κ2) is 5.80. The number of pyridine rings is 1. The Morgan fingerprint density at radius 1 is 1.44 bits per heavy atom. The van der Waals surface area contributed by atoms with E-state index in [0.29, 0.717) is 5.56 Å². The van der Waals surface area contributed by atoms with Crippen LogP contribution >= 0.6 is 27.5 Å². The zero-order chi connectivity index (χ0) is 13.9. The molecule has 0 fully saturated rings. The number of ether oxygens (including phenoxy) is 1. The summed E-state index contributed by atoms with van der Waals surface area (Å²) in [6.45, 7) is 5.20. The second-order valence-electron chi connectivity index (χ2n) is 4.63. The maximum absolute atomic E-state index is 12.0. The van der Waals surface area contributed by atoms with E-state index in [1.807, 2.05) is 0 Å². The third kappa shape index (κ3) is 4.38. The number of aromatic nitrogens is 1. The van der Waals surface area contributed by atoms with Crippen molar-refractivity contribution in [2.24, 2.45) is 0 Å². The molecule has 1 rings (SSSR count). The Morgan fingerprint density at radius 2 is 2.06 bits per heavy atom. The molecule has 0 spiro atoms. The normalized spacial score (nSPS) is 12.9. The summed E-state index contributed by atoms with van der Waals surface area (Å²) in [5.74, 6) is -1.03. The van der Waals surface area contributed by atoms with Crippen LogP contribution in [0, 0.1) is 0 Å². The Kier molecular flexibility index (Phi) is 4.87. The Morgan fingerprint density at radius 3 is 2.56 bits per heavy atom. The fourth-order valence-corrected chi connectivity index (χ4v) is 1.69. The van der Waals surface area contributed by atoms with Gasteiger partial charge < -0.3 is 4.74 Å². The van der Waals surface area contributed by atoms with Crippen LogP contribution in [0.5, 0.6) is 0 Å². The van der Waals surface area contributed by atoms with E-state index in [4.69, 9.17) is 16.3 Å². The van der Waals surface area contributed by atoms with Crippen molar-refractivity contribution in [1.29, 1.82) is 0 Å². The molecule has 0 aliphatic heterocycles. The monoisotopic (exact) mass is 333 g/mol. The summed E-state index contributed by atoms with van der Waals surface area (Å²) in [5.41, 5.74) is -0.332. The highest BCUT2D eigenvalue weighted by Crippen LogP contribution is 2.17. The largest absolute Gasteiger partial charge is 0.459 e. The number of alkyl halides is 1. The first kappa shape index (κ1) is 15.1. The Labute approximate surface area is 119 Å². The molecule has 1 atom stereocenters. The van der Waals surface area contributed by atoms with Crippen LogP contribution in [0.4, 0.5) is 0 Å². The second-order valence-corrected chi connectivity index (χ2v) is 5.93. The molecule has 0 saturated heterocycles. The number of rotatable bonds is 3. The number of carbonyl (C=O) groups excluding carboxylic acids is 2. The molecule has 6 heteroatoms. The smallest absolute Gasteiger partial charge is 0.328 e. The van der Waals surface area contributed by atoms with E-state index >= 15 is 0 Å². The van der Waals surface area contributed by atoms with Crippen molar-refractivity contribution in [3.05, 3.63) is 29.0 Å². The molecule has 0 amide bonds. The van der Waals surface area contributed by atoms with E-state index in [9.17, 15) is 9.59 Å². The van der Waals surface area contributed by atoms with Crippen molar-refractivity contribution < 1.29 is 14.3 Å². The SMILES string of the molecule is CC(C)(C)OC(=O)C(Br)C(=O)c1ccnc(Cl)c1. The highest BCUT2D eigenvalue weighted by atomic mass is 79.9. The maximum atomic E-state index is 12.0. The van der Waals surface area contributed by atoms with E-state index in [2.05, 4.69) is 20.9 Å². The summed E-state index contributed by atoms with van der Waals surface area (Å²) in [4.78, 5) is 26.4. The molecular formula is C12H13BrClNO3. The molecular weight excluding hydrogens is 321 g/mol. The summed E-state index contributed by atoms with van der Waals surface area (Å²) in [6, 6.07) is 2.90. The van der Waals surface area contributed by atoms with Gasteiger partial charge in [-0.2, -0.15) is 0 Å². The molecule has 1 unspecified atom stereocenters. The van der Waals surface area contributed by atoms with Gasteiger partial charge in [-0.05, 0) is 32.9 Å². The third-order valence-electron chi connectivity index (χ3n) is 1.85. The maximum Gasteiger partial charge on any atom is 0.328 e. The van der Waals surface area contributed by atoms with E-state index in [0.717, 1.165) is 0 Å². The summed E-state index contributed by atoms with van der Waals surface area (Å²) >= 11 is 8.72. The molecule has 0 saturated carbocycles. The van der Waals surface area contributed by atoms with Gasteiger partial charge in [0.15, 0.2) is 10.6 Å². The number of esters is 1. The van der Waals surface area contributed by atoms with Crippen molar-refractivity contribution in [2.75, 3.05) is 0 Å². The van der Waals surface area contributed by atoms with E-state index in [-0.39, 0.29) is 5.15 Å². The average Bonchev–Trinajstić information content (AvgIpc) is 2.24. The first-order valence-corrected chi connectivity index (χ1v) is 6.53. The van der Waals surface area contributed by atoms with Crippen molar-refractivity contribution >= 4 is 39.3 Å². The zero-order valence-corrected chi connectivity index (χ0v) is 12.6. The van der Waals surface area contributed by atoms with E-state index in [1.54, 1.807) is 20.8 Å².